The van der Waals surface area contributed by atoms with E-state index in [0.717, 1.165) is 12.3 Å². The Balaban J connectivity index is 2.39. The van der Waals surface area contributed by atoms with Gasteiger partial charge < -0.3 is 5.32 Å². The van der Waals surface area contributed by atoms with Gasteiger partial charge in [-0.1, -0.05) is 19.9 Å². The van der Waals surface area contributed by atoms with Gasteiger partial charge in [0.15, 0.2) is 0 Å². The summed E-state index contributed by atoms with van der Waals surface area (Å²) in [7, 11) is 2.04. The molecule has 11 heavy (non-hydrogen) atoms. The smallest absolute Gasteiger partial charge is 0.0132 e. The zero-order valence-electron chi connectivity index (χ0n) is 7.85. The molecule has 0 aromatic rings. The van der Waals surface area contributed by atoms with Crippen LogP contribution >= 0.6 is 0 Å². The predicted octanol–water partition coefficient (Wildman–Crippen LogP) is 2.20. The average Bonchev–Trinajstić information content (AvgIpc) is 2.55. The second-order valence-electron chi connectivity index (χ2n) is 4.22. The summed E-state index contributed by atoms with van der Waals surface area (Å²) in [6.45, 7) is 8.44. The molecule has 2 atom stereocenters. The first-order valence-corrected chi connectivity index (χ1v) is 4.40. The second-order valence-corrected chi connectivity index (χ2v) is 4.22. The molecule has 0 bridgehead atoms. The summed E-state index contributed by atoms with van der Waals surface area (Å²) in [5.74, 6) is 0.866. The standard InChI is InChI=1S/C10H19N/c1-5-6-9(11-4)8-7-10(8,2)3/h5,8-9,11H,1,6-7H2,2-4H3. The van der Waals surface area contributed by atoms with E-state index in [-0.39, 0.29) is 0 Å². The molecular weight excluding hydrogens is 134 g/mol. The lowest BCUT2D eigenvalue weighted by Gasteiger charge is -2.15. The lowest BCUT2D eigenvalue weighted by atomic mass is 10.0. The lowest BCUT2D eigenvalue weighted by molar-refractivity contribution is 0.431. The van der Waals surface area contributed by atoms with Crippen molar-refractivity contribution in [2.75, 3.05) is 7.05 Å². The van der Waals surface area contributed by atoms with E-state index in [1.807, 2.05) is 13.1 Å². The Morgan fingerprint density at radius 2 is 2.27 bits per heavy atom. The van der Waals surface area contributed by atoms with E-state index in [9.17, 15) is 0 Å². The van der Waals surface area contributed by atoms with Crippen molar-refractivity contribution in [3.63, 3.8) is 0 Å². The van der Waals surface area contributed by atoms with E-state index in [4.69, 9.17) is 0 Å². The van der Waals surface area contributed by atoms with Gasteiger partial charge in [0.1, 0.15) is 0 Å². The molecule has 1 N–H and O–H groups in total. The first-order valence-electron chi connectivity index (χ1n) is 4.40. The third-order valence-electron chi connectivity index (χ3n) is 2.87. The van der Waals surface area contributed by atoms with Crippen LogP contribution in [0.1, 0.15) is 26.7 Å². The first-order chi connectivity index (χ1) is 5.11. The summed E-state index contributed by atoms with van der Waals surface area (Å²) in [6, 6.07) is 0.655. The molecule has 1 heteroatoms. The molecule has 2 unspecified atom stereocenters. The fourth-order valence-corrected chi connectivity index (χ4v) is 1.86. The third kappa shape index (κ3) is 1.84. The Hall–Kier alpha value is -0.300. The second kappa shape index (κ2) is 2.98. The van der Waals surface area contributed by atoms with Crippen LogP contribution in [-0.2, 0) is 0 Å². The minimum atomic E-state index is 0.580. The maximum absolute atomic E-state index is 3.77. The van der Waals surface area contributed by atoms with Crippen molar-refractivity contribution in [1.29, 1.82) is 0 Å². The van der Waals surface area contributed by atoms with Crippen LogP contribution in [0, 0.1) is 11.3 Å². The molecule has 0 heterocycles. The van der Waals surface area contributed by atoms with E-state index >= 15 is 0 Å². The van der Waals surface area contributed by atoms with Gasteiger partial charge in [-0.2, -0.15) is 0 Å². The van der Waals surface area contributed by atoms with Gasteiger partial charge in [-0.05, 0) is 31.2 Å². The molecular formula is C10H19N. The number of hydrogen-bond acceptors (Lipinski definition) is 1. The molecule has 0 saturated heterocycles. The molecule has 1 aliphatic rings. The van der Waals surface area contributed by atoms with Crippen LogP contribution in [0.25, 0.3) is 0 Å². The van der Waals surface area contributed by atoms with Crippen molar-refractivity contribution in [1.82, 2.24) is 5.32 Å². The predicted molar refractivity (Wildman–Crippen MR) is 49.5 cm³/mol. The molecule has 1 aliphatic carbocycles. The molecule has 0 aromatic heterocycles. The molecule has 1 saturated carbocycles. The fourth-order valence-electron chi connectivity index (χ4n) is 1.86. The molecule has 0 amide bonds. The van der Waals surface area contributed by atoms with Crippen LogP contribution in [-0.4, -0.2) is 13.1 Å². The van der Waals surface area contributed by atoms with E-state index in [0.29, 0.717) is 11.5 Å². The van der Waals surface area contributed by atoms with Gasteiger partial charge >= 0.3 is 0 Å². The Kier molecular flexibility index (Phi) is 2.38. The van der Waals surface area contributed by atoms with E-state index in [2.05, 4.69) is 25.7 Å². The van der Waals surface area contributed by atoms with Crippen molar-refractivity contribution in [2.24, 2.45) is 11.3 Å². The lowest BCUT2D eigenvalue weighted by Crippen LogP contribution is -2.28. The summed E-state index contributed by atoms with van der Waals surface area (Å²) in [5.41, 5.74) is 0.580. The van der Waals surface area contributed by atoms with Crippen molar-refractivity contribution in [3.05, 3.63) is 12.7 Å². The van der Waals surface area contributed by atoms with Gasteiger partial charge in [0, 0.05) is 6.04 Å². The first kappa shape index (κ1) is 8.79. The Morgan fingerprint density at radius 3 is 2.55 bits per heavy atom. The molecule has 1 nitrogen and oxygen atoms in total. The molecule has 1 rings (SSSR count). The van der Waals surface area contributed by atoms with Gasteiger partial charge in [0.05, 0.1) is 0 Å². The van der Waals surface area contributed by atoms with Gasteiger partial charge in [0.2, 0.25) is 0 Å². The molecule has 0 radical (unpaired) electrons. The topological polar surface area (TPSA) is 12.0 Å². The molecule has 0 aromatic carbocycles. The van der Waals surface area contributed by atoms with Gasteiger partial charge in [-0.3, -0.25) is 0 Å². The van der Waals surface area contributed by atoms with Crippen LogP contribution in [0.15, 0.2) is 12.7 Å². The van der Waals surface area contributed by atoms with Crippen LogP contribution in [0.2, 0.25) is 0 Å². The highest BCUT2D eigenvalue weighted by Crippen LogP contribution is 2.54. The number of rotatable bonds is 4. The zero-order valence-corrected chi connectivity index (χ0v) is 7.85. The van der Waals surface area contributed by atoms with Crippen LogP contribution in [0.4, 0.5) is 0 Å². The van der Waals surface area contributed by atoms with E-state index < -0.39 is 0 Å². The maximum Gasteiger partial charge on any atom is 0.0132 e. The minimum absolute atomic E-state index is 0.580. The van der Waals surface area contributed by atoms with Crippen LogP contribution in [0.3, 0.4) is 0 Å². The van der Waals surface area contributed by atoms with Crippen molar-refractivity contribution >= 4 is 0 Å². The highest BCUT2D eigenvalue weighted by atomic mass is 14.9. The fraction of sp³-hybridized carbons (Fsp3) is 0.800. The Morgan fingerprint density at radius 1 is 1.73 bits per heavy atom. The maximum atomic E-state index is 3.77. The molecule has 1 fully saturated rings. The molecule has 0 spiro atoms. The van der Waals surface area contributed by atoms with Crippen LogP contribution in [0.5, 0.6) is 0 Å². The van der Waals surface area contributed by atoms with Crippen molar-refractivity contribution in [3.8, 4) is 0 Å². The SMILES string of the molecule is C=CCC(NC)C1CC1(C)C. The molecule has 64 valence electrons. The van der Waals surface area contributed by atoms with Crippen LogP contribution < -0.4 is 5.32 Å². The Labute approximate surface area is 69.9 Å². The summed E-state index contributed by atoms with van der Waals surface area (Å²) in [6.07, 6.45) is 4.48. The minimum Gasteiger partial charge on any atom is -0.316 e. The summed E-state index contributed by atoms with van der Waals surface area (Å²) in [4.78, 5) is 0. The van der Waals surface area contributed by atoms with Crippen molar-refractivity contribution in [2.45, 2.75) is 32.7 Å². The van der Waals surface area contributed by atoms with Gasteiger partial charge in [-0.15, -0.1) is 6.58 Å². The van der Waals surface area contributed by atoms with E-state index in [1.165, 1.54) is 6.42 Å². The zero-order chi connectivity index (χ0) is 8.48. The van der Waals surface area contributed by atoms with Gasteiger partial charge in [0.25, 0.3) is 0 Å². The summed E-state index contributed by atoms with van der Waals surface area (Å²) >= 11 is 0. The van der Waals surface area contributed by atoms with Crippen molar-refractivity contribution < 1.29 is 0 Å². The summed E-state index contributed by atoms with van der Waals surface area (Å²) < 4.78 is 0. The number of nitrogens with one attached hydrogen (secondary N) is 1. The monoisotopic (exact) mass is 153 g/mol. The third-order valence-corrected chi connectivity index (χ3v) is 2.87. The summed E-state index contributed by atoms with van der Waals surface area (Å²) in [5, 5.41) is 3.35. The van der Waals surface area contributed by atoms with Gasteiger partial charge in [-0.25, -0.2) is 0 Å². The highest BCUT2D eigenvalue weighted by molar-refractivity contribution is 5.02. The largest absolute Gasteiger partial charge is 0.316 e. The van der Waals surface area contributed by atoms with E-state index in [1.54, 1.807) is 0 Å². The highest BCUT2D eigenvalue weighted by Gasteiger charge is 2.48. The normalized spacial score (nSPS) is 29.5. The quantitative estimate of drug-likeness (QED) is 0.610. The number of hydrogen-bond donors (Lipinski definition) is 1. The average molecular weight is 153 g/mol. The molecule has 0 aliphatic heterocycles. The Bertz CT molecular complexity index is 149.